The first-order chi connectivity index (χ1) is 18.8. The molecule has 1 amide bonds. The van der Waals surface area contributed by atoms with Crippen molar-refractivity contribution >= 4 is 38.4 Å². The van der Waals surface area contributed by atoms with E-state index in [1.165, 1.54) is 12.5 Å². The molecule has 0 spiro atoms. The third-order valence-corrected chi connectivity index (χ3v) is 9.46. The minimum absolute atomic E-state index is 0.00350. The van der Waals surface area contributed by atoms with Gasteiger partial charge < -0.3 is 13.9 Å². The Hall–Kier alpha value is -4.16. The molecule has 0 bridgehead atoms. The first-order valence-electron chi connectivity index (χ1n) is 12.0. The van der Waals surface area contributed by atoms with Crippen molar-refractivity contribution in [1.29, 1.82) is 0 Å². The second-order valence-corrected chi connectivity index (χ2v) is 11.4. The van der Waals surface area contributed by atoms with Crippen molar-refractivity contribution in [1.82, 2.24) is 9.29 Å². The van der Waals surface area contributed by atoms with Crippen LogP contribution in [0.15, 0.2) is 71.5 Å². The van der Waals surface area contributed by atoms with Gasteiger partial charge in [-0.05, 0) is 36.1 Å². The fourth-order valence-electron chi connectivity index (χ4n) is 4.32. The average Bonchev–Trinajstić information content (AvgIpc) is 3.58. The van der Waals surface area contributed by atoms with Gasteiger partial charge in [0.2, 0.25) is 5.89 Å². The third kappa shape index (κ3) is 5.12. The number of ether oxygens (including phenoxy) is 2. The van der Waals surface area contributed by atoms with Crippen LogP contribution in [0, 0.1) is 6.92 Å². The van der Waals surface area contributed by atoms with Crippen LogP contribution in [-0.4, -0.2) is 49.8 Å². The fraction of sp³-hybridized carbons (Fsp3) is 0.222. The zero-order valence-electron chi connectivity index (χ0n) is 21.2. The van der Waals surface area contributed by atoms with Gasteiger partial charge >= 0.3 is 16.2 Å². The van der Waals surface area contributed by atoms with Crippen LogP contribution >= 0.6 is 11.3 Å². The SMILES string of the molecule is COc1ccccc1CCN1c2sc(-c3ncco3)c(C)c2C(=O)N(CC(=O)OCc2ccccc2)S1(=O)=O. The number of anilines is 1. The Bertz CT molecular complexity index is 1600. The summed E-state index contributed by atoms with van der Waals surface area (Å²) in [7, 11) is -2.89. The number of hydrogen-bond acceptors (Lipinski definition) is 9. The lowest BCUT2D eigenvalue weighted by Crippen LogP contribution is -2.53. The lowest BCUT2D eigenvalue weighted by Gasteiger charge is -2.35. The molecule has 0 saturated heterocycles. The number of para-hydroxylation sites is 1. The van der Waals surface area contributed by atoms with E-state index in [0.717, 1.165) is 26.8 Å². The van der Waals surface area contributed by atoms with Gasteiger partial charge in [-0.1, -0.05) is 48.5 Å². The van der Waals surface area contributed by atoms with Crippen molar-refractivity contribution < 1.29 is 31.9 Å². The summed E-state index contributed by atoms with van der Waals surface area (Å²) in [5.41, 5.74) is 2.23. The van der Waals surface area contributed by atoms with Crippen LogP contribution in [0.4, 0.5) is 5.00 Å². The lowest BCUT2D eigenvalue weighted by molar-refractivity contribution is -0.144. The standard InChI is InChI=1S/C27H25N3O7S2/c1-18-23-26(32)30(16-22(31)37-17-19-8-4-3-5-9-19)39(33,34)29(14-12-20-10-6-7-11-21(20)35-2)27(23)38-24(18)25-28-13-15-36-25/h3-11,13,15H,12,14,16-17H2,1-2H3. The quantitative estimate of drug-likeness (QED) is 0.276. The maximum Gasteiger partial charge on any atom is 0.330 e. The predicted octanol–water partition coefficient (Wildman–Crippen LogP) is 4.21. The van der Waals surface area contributed by atoms with Crippen molar-refractivity contribution in [2.24, 2.45) is 0 Å². The van der Waals surface area contributed by atoms with E-state index in [9.17, 15) is 18.0 Å². The second kappa shape index (κ2) is 10.9. The Morgan fingerprint density at radius 1 is 1.08 bits per heavy atom. The van der Waals surface area contributed by atoms with E-state index >= 15 is 0 Å². The molecule has 2 aromatic carbocycles. The van der Waals surface area contributed by atoms with Gasteiger partial charge in [-0.15, -0.1) is 11.3 Å². The number of hydrogen-bond donors (Lipinski definition) is 0. The van der Waals surface area contributed by atoms with Crippen LogP contribution in [-0.2, 0) is 32.8 Å². The van der Waals surface area contributed by atoms with E-state index in [0.29, 0.717) is 26.9 Å². The van der Waals surface area contributed by atoms with E-state index in [4.69, 9.17) is 13.9 Å². The Morgan fingerprint density at radius 3 is 2.54 bits per heavy atom. The molecule has 0 unspecified atom stereocenters. The predicted molar refractivity (Wildman–Crippen MR) is 145 cm³/mol. The van der Waals surface area contributed by atoms with Crippen LogP contribution in [0.25, 0.3) is 10.8 Å². The number of rotatable bonds is 9. The minimum Gasteiger partial charge on any atom is -0.496 e. The van der Waals surface area contributed by atoms with Gasteiger partial charge in [0.1, 0.15) is 30.2 Å². The van der Waals surface area contributed by atoms with Gasteiger partial charge in [-0.3, -0.25) is 9.59 Å². The molecule has 2 aromatic heterocycles. The second-order valence-electron chi connectivity index (χ2n) is 8.67. The Balaban J connectivity index is 1.49. The molecule has 1 aliphatic heterocycles. The molecule has 10 nitrogen and oxygen atoms in total. The number of amides is 1. The summed E-state index contributed by atoms with van der Waals surface area (Å²) < 4.78 is 45.6. The van der Waals surface area contributed by atoms with E-state index in [2.05, 4.69) is 4.98 Å². The first kappa shape index (κ1) is 26.4. The third-order valence-electron chi connectivity index (χ3n) is 6.27. The van der Waals surface area contributed by atoms with E-state index in [-0.39, 0.29) is 29.6 Å². The molecule has 1 aliphatic rings. The zero-order valence-corrected chi connectivity index (χ0v) is 22.8. The largest absolute Gasteiger partial charge is 0.496 e. The summed E-state index contributed by atoms with van der Waals surface area (Å²) in [6, 6.07) is 16.3. The summed E-state index contributed by atoms with van der Waals surface area (Å²) in [5, 5.41) is 0.245. The highest BCUT2D eigenvalue weighted by Gasteiger charge is 2.46. The smallest absolute Gasteiger partial charge is 0.330 e. The number of esters is 1. The molecule has 5 rings (SSSR count). The van der Waals surface area contributed by atoms with Gasteiger partial charge in [-0.2, -0.15) is 8.42 Å². The summed E-state index contributed by atoms with van der Waals surface area (Å²) in [4.78, 5) is 31.1. The van der Waals surface area contributed by atoms with Crippen LogP contribution in [0.3, 0.4) is 0 Å². The molecular formula is C27H25N3O7S2. The monoisotopic (exact) mass is 567 g/mol. The number of methoxy groups -OCH3 is 1. The Morgan fingerprint density at radius 2 is 1.82 bits per heavy atom. The van der Waals surface area contributed by atoms with Gasteiger partial charge in [-0.25, -0.2) is 13.6 Å². The molecule has 202 valence electrons. The highest BCUT2D eigenvalue weighted by Crippen LogP contribution is 2.46. The number of aromatic nitrogens is 1. The topological polar surface area (TPSA) is 119 Å². The summed E-state index contributed by atoms with van der Waals surface area (Å²) in [6.07, 6.45) is 3.18. The first-order valence-corrected chi connectivity index (χ1v) is 14.2. The molecule has 39 heavy (non-hydrogen) atoms. The molecule has 0 fully saturated rings. The van der Waals surface area contributed by atoms with Crippen molar-refractivity contribution in [3.63, 3.8) is 0 Å². The Kier molecular flexibility index (Phi) is 7.40. The molecule has 0 radical (unpaired) electrons. The number of nitrogens with zero attached hydrogens (tertiary/aromatic N) is 3. The van der Waals surface area contributed by atoms with Crippen molar-refractivity contribution in [3.05, 3.63) is 89.3 Å². The molecule has 0 N–H and O–H groups in total. The molecule has 3 heterocycles. The number of fused-ring (bicyclic) bond motifs is 1. The number of carbonyl (C=O) groups is 2. The molecule has 12 heteroatoms. The lowest BCUT2D eigenvalue weighted by atomic mass is 10.1. The van der Waals surface area contributed by atoms with Crippen molar-refractivity contribution in [3.8, 4) is 16.5 Å². The molecular weight excluding hydrogens is 542 g/mol. The molecule has 0 aliphatic carbocycles. The van der Waals surface area contributed by atoms with Crippen LogP contribution in [0.5, 0.6) is 5.75 Å². The van der Waals surface area contributed by atoms with Crippen LogP contribution in [0.1, 0.15) is 27.0 Å². The van der Waals surface area contributed by atoms with Crippen LogP contribution in [0.2, 0.25) is 0 Å². The number of carbonyl (C=O) groups excluding carboxylic acids is 2. The number of thiophene rings is 1. The summed E-state index contributed by atoms with van der Waals surface area (Å²) in [6.45, 7) is 0.900. The van der Waals surface area contributed by atoms with E-state index < -0.39 is 28.6 Å². The molecule has 0 saturated carbocycles. The van der Waals surface area contributed by atoms with Gasteiger partial charge in [0, 0.05) is 6.54 Å². The average molecular weight is 568 g/mol. The Labute approximate surface area is 229 Å². The fourth-order valence-corrected chi connectivity index (χ4v) is 7.32. The normalized spacial score (nSPS) is 14.3. The van der Waals surface area contributed by atoms with Gasteiger partial charge in [0.25, 0.3) is 5.91 Å². The van der Waals surface area contributed by atoms with Gasteiger partial charge in [0.15, 0.2) is 0 Å². The molecule has 0 atom stereocenters. The van der Waals surface area contributed by atoms with E-state index in [1.54, 1.807) is 44.4 Å². The zero-order chi connectivity index (χ0) is 27.6. The minimum atomic E-state index is -4.43. The summed E-state index contributed by atoms with van der Waals surface area (Å²) >= 11 is 1.10. The maximum absolute atomic E-state index is 13.8. The molecule has 4 aromatic rings. The van der Waals surface area contributed by atoms with Crippen molar-refractivity contribution in [2.45, 2.75) is 20.0 Å². The highest BCUT2D eigenvalue weighted by molar-refractivity contribution is 7.91. The maximum atomic E-state index is 13.8. The van der Waals surface area contributed by atoms with Crippen LogP contribution < -0.4 is 9.04 Å². The van der Waals surface area contributed by atoms with Crippen molar-refractivity contribution in [2.75, 3.05) is 24.5 Å². The van der Waals surface area contributed by atoms with Gasteiger partial charge in [0.05, 0.1) is 23.7 Å². The number of oxazole rings is 1. The highest BCUT2D eigenvalue weighted by atomic mass is 32.2. The summed E-state index contributed by atoms with van der Waals surface area (Å²) in [5.74, 6) is -0.755. The number of benzene rings is 2. The van der Waals surface area contributed by atoms with E-state index in [1.807, 2.05) is 24.3 Å².